The van der Waals surface area contributed by atoms with E-state index in [1.165, 1.54) is 12.8 Å². The van der Waals surface area contributed by atoms with Crippen LogP contribution in [0.3, 0.4) is 0 Å². The molecule has 1 aromatic rings. The van der Waals surface area contributed by atoms with Gasteiger partial charge < -0.3 is 9.88 Å². The van der Waals surface area contributed by atoms with Gasteiger partial charge in [0.2, 0.25) is 5.95 Å². The lowest BCUT2D eigenvalue weighted by Gasteiger charge is -2.20. The number of aromatic nitrogens is 2. The molecule has 1 aliphatic rings. The Morgan fingerprint density at radius 3 is 3.00 bits per heavy atom. The summed E-state index contributed by atoms with van der Waals surface area (Å²) >= 11 is 0. The van der Waals surface area contributed by atoms with Crippen LogP contribution in [-0.4, -0.2) is 15.6 Å². The molecule has 1 aliphatic carbocycles. The van der Waals surface area contributed by atoms with Gasteiger partial charge in [-0.1, -0.05) is 19.9 Å². The minimum Gasteiger partial charge on any atom is -0.353 e. The van der Waals surface area contributed by atoms with Crippen LogP contribution in [0.15, 0.2) is 25.0 Å². The van der Waals surface area contributed by atoms with Gasteiger partial charge in [0.1, 0.15) is 0 Å². The lowest BCUT2D eigenvalue weighted by Crippen LogP contribution is -2.25. The summed E-state index contributed by atoms with van der Waals surface area (Å²) < 4.78 is 2.10. The molecular formula is C13H21N3. The fourth-order valence-electron chi connectivity index (χ4n) is 2.47. The largest absolute Gasteiger partial charge is 0.353 e. The molecule has 1 aromatic heterocycles. The highest BCUT2D eigenvalue weighted by Gasteiger charge is 2.30. The van der Waals surface area contributed by atoms with E-state index in [-0.39, 0.29) is 0 Å². The molecule has 2 rings (SSSR count). The maximum absolute atomic E-state index is 4.36. The van der Waals surface area contributed by atoms with Crippen molar-refractivity contribution in [3.8, 4) is 0 Å². The summed E-state index contributed by atoms with van der Waals surface area (Å²) in [6.07, 6.45) is 8.31. The van der Waals surface area contributed by atoms with Gasteiger partial charge in [-0.3, -0.25) is 0 Å². The molecule has 0 radical (unpaired) electrons. The number of anilines is 1. The normalized spacial score (nSPS) is 29.2. The highest BCUT2D eigenvalue weighted by molar-refractivity contribution is 5.29. The first-order valence-corrected chi connectivity index (χ1v) is 6.11. The van der Waals surface area contributed by atoms with Gasteiger partial charge in [0.15, 0.2) is 0 Å². The summed E-state index contributed by atoms with van der Waals surface area (Å²) in [6.45, 7) is 9.24. The first-order valence-electron chi connectivity index (χ1n) is 6.11. The predicted molar refractivity (Wildman–Crippen MR) is 67.4 cm³/mol. The van der Waals surface area contributed by atoms with Gasteiger partial charge in [-0.15, -0.1) is 6.58 Å². The van der Waals surface area contributed by atoms with E-state index in [1.54, 1.807) is 0 Å². The number of imidazole rings is 1. The average molecular weight is 219 g/mol. The zero-order valence-corrected chi connectivity index (χ0v) is 10.2. The van der Waals surface area contributed by atoms with E-state index in [1.807, 2.05) is 18.5 Å². The number of hydrogen-bond donors (Lipinski definition) is 1. The van der Waals surface area contributed by atoms with E-state index in [2.05, 4.69) is 35.3 Å². The predicted octanol–water partition coefficient (Wildman–Crippen LogP) is 2.92. The summed E-state index contributed by atoms with van der Waals surface area (Å²) in [5.41, 5.74) is 0. The Morgan fingerprint density at radius 2 is 2.38 bits per heavy atom. The van der Waals surface area contributed by atoms with Gasteiger partial charge in [0.05, 0.1) is 0 Å². The smallest absolute Gasteiger partial charge is 0.203 e. The Labute approximate surface area is 97.6 Å². The van der Waals surface area contributed by atoms with Crippen LogP contribution in [-0.2, 0) is 6.54 Å². The van der Waals surface area contributed by atoms with Crippen molar-refractivity contribution >= 4 is 5.95 Å². The average Bonchev–Trinajstić information content (AvgIpc) is 2.82. The maximum atomic E-state index is 4.36. The second kappa shape index (κ2) is 4.73. The van der Waals surface area contributed by atoms with Crippen LogP contribution < -0.4 is 5.32 Å². The third-order valence-corrected chi connectivity index (χ3v) is 3.82. The summed E-state index contributed by atoms with van der Waals surface area (Å²) in [4.78, 5) is 4.36. The van der Waals surface area contributed by atoms with E-state index in [4.69, 9.17) is 0 Å². The van der Waals surface area contributed by atoms with Crippen molar-refractivity contribution in [3.63, 3.8) is 0 Å². The zero-order chi connectivity index (χ0) is 11.5. The molecular weight excluding hydrogens is 198 g/mol. The Morgan fingerprint density at radius 1 is 1.56 bits per heavy atom. The molecule has 0 saturated heterocycles. The van der Waals surface area contributed by atoms with E-state index in [9.17, 15) is 0 Å². The Kier molecular flexibility index (Phi) is 3.32. The molecule has 1 fully saturated rings. The van der Waals surface area contributed by atoms with Gasteiger partial charge in [0.25, 0.3) is 0 Å². The Hall–Kier alpha value is -1.25. The molecule has 16 heavy (non-hydrogen) atoms. The highest BCUT2D eigenvalue weighted by atomic mass is 15.2. The van der Waals surface area contributed by atoms with Crippen LogP contribution in [0.25, 0.3) is 0 Å². The molecule has 3 heteroatoms. The topological polar surface area (TPSA) is 29.9 Å². The highest BCUT2D eigenvalue weighted by Crippen LogP contribution is 2.32. The fraction of sp³-hybridized carbons (Fsp3) is 0.615. The van der Waals surface area contributed by atoms with Gasteiger partial charge in [0, 0.05) is 25.0 Å². The van der Waals surface area contributed by atoms with E-state index in [0.717, 1.165) is 24.3 Å². The molecule has 0 amide bonds. The monoisotopic (exact) mass is 219 g/mol. The first kappa shape index (κ1) is 11.2. The van der Waals surface area contributed by atoms with E-state index >= 15 is 0 Å². The second-order valence-corrected chi connectivity index (χ2v) is 4.86. The molecule has 1 saturated carbocycles. The quantitative estimate of drug-likeness (QED) is 0.789. The Bertz CT molecular complexity index is 356. The summed E-state index contributed by atoms with van der Waals surface area (Å²) in [6, 6.07) is 0.570. The Balaban J connectivity index is 2.03. The lowest BCUT2D eigenvalue weighted by atomic mass is 9.98. The summed E-state index contributed by atoms with van der Waals surface area (Å²) in [7, 11) is 0. The summed E-state index contributed by atoms with van der Waals surface area (Å²) in [5, 5.41) is 3.56. The molecule has 0 bridgehead atoms. The second-order valence-electron chi connectivity index (χ2n) is 4.86. The standard InChI is InChI=1S/C13H21N3/c1-4-8-16-9-7-14-13(16)15-12-6-5-10(2)11(12)3/h4,7,9-12H,1,5-6,8H2,2-3H3,(H,14,15). The summed E-state index contributed by atoms with van der Waals surface area (Å²) in [5.74, 6) is 2.53. The van der Waals surface area contributed by atoms with Crippen LogP contribution in [0.2, 0.25) is 0 Å². The van der Waals surface area contributed by atoms with Crippen LogP contribution in [0.4, 0.5) is 5.95 Å². The third kappa shape index (κ3) is 2.13. The van der Waals surface area contributed by atoms with Gasteiger partial charge in [-0.2, -0.15) is 0 Å². The van der Waals surface area contributed by atoms with Gasteiger partial charge >= 0.3 is 0 Å². The maximum Gasteiger partial charge on any atom is 0.203 e. The SMILES string of the molecule is C=CCn1ccnc1NC1CCC(C)C1C. The fourth-order valence-corrected chi connectivity index (χ4v) is 2.47. The first-order chi connectivity index (χ1) is 7.72. The van der Waals surface area contributed by atoms with Crippen LogP contribution in [0, 0.1) is 11.8 Å². The van der Waals surface area contributed by atoms with Crippen molar-refractivity contribution in [1.82, 2.24) is 9.55 Å². The van der Waals surface area contributed by atoms with Crippen molar-refractivity contribution < 1.29 is 0 Å². The van der Waals surface area contributed by atoms with Crippen molar-refractivity contribution in [2.75, 3.05) is 5.32 Å². The molecule has 3 atom stereocenters. The van der Waals surface area contributed by atoms with Crippen molar-refractivity contribution in [2.24, 2.45) is 11.8 Å². The molecule has 3 nitrogen and oxygen atoms in total. The van der Waals surface area contributed by atoms with Gasteiger partial charge in [-0.05, 0) is 24.7 Å². The minimum absolute atomic E-state index is 0.570. The number of allylic oxidation sites excluding steroid dienone is 1. The number of hydrogen-bond acceptors (Lipinski definition) is 2. The third-order valence-electron chi connectivity index (χ3n) is 3.82. The zero-order valence-electron chi connectivity index (χ0n) is 10.2. The van der Waals surface area contributed by atoms with Crippen molar-refractivity contribution in [1.29, 1.82) is 0 Å². The molecule has 0 aliphatic heterocycles. The van der Waals surface area contributed by atoms with Crippen LogP contribution in [0.5, 0.6) is 0 Å². The number of nitrogens with one attached hydrogen (secondary N) is 1. The molecule has 1 heterocycles. The molecule has 3 unspecified atom stereocenters. The molecule has 88 valence electrons. The minimum atomic E-state index is 0.570. The molecule has 0 aromatic carbocycles. The van der Waals surface area contributed by atoms with E-state index < -0.39 is 0 Å². The molecule has 1 N–H and O–H groups in total. The van der Waals surface area contributed by atoms with Crippen molar-refractivity contribution in [2.45, 2.75) is 39.3 Å². The van der Waals surface area contributed by atoms with E-state index in [0.29, 0.717) is 6.04 Å². The lowest BCUT2D eigenvalue weighted by molar-refractivity contribution is 0.434. The van der Waals surface area contributed by atoms with Crippen molar-refractivity contribution in [3.05, 3.63) is 25.0 Å². The number of nitrogens with zero attached hydrogens (tertiary/aromatic N) is 2. The van der Waals surface area contributed by atoms with Crippen LogP contribution in [0.1, 0.15) is 26.7 Å². The molecule has 0 spiro atoms. The number of rotatable bonds is 4. The van der Waals surface area contributed by atoms with Crippen LogP contribution >= 0.6 is 0 Å². The van der Waals surface area contributed by atoms with Gasteiger partial charge in [-0.25, -0.2) is 4.98 Å².